The Labute approximate surface area is 79.9 Å². The van der Waals surface area contributed by atoms with Gasteiger partial charge in [0.05, 0.1) is 0 Å². The van der Waals surface area contributed by atoms with Gasteiger partial charge in [-0.2, -0.15) is 0 Å². The highest BCUT2D eigenvalue weighted by Gasteiger charge is 2.15. The normalized spacial score (nSPS) is 15.8. The highest BCUT2D eigenvalue weighted by molar-refractivity contribution is 9.10. The summed E-state index contributed by atoms with van der Waals surface area (Å²) >= 11 is 3.45. The highest BCUT2D eigenvalue weighted by atomic mass is 79.9. The summed E-state index contributed by atoms with van der Waals surface area (Å²) in [6.45, 7) is 0. The third-order valence-corrected chi connectivity index (χ3v) is 3.16. The second-order valence-corrected chi connectivity index (χ2v) is 4.05. The summed E-state index contributed by atoms with van der Waals surface area (Å²) in [6.07, 6.45) is 4.24. The number of fused-ring (bicyclic) bond motifs is 1. The van der Waals surface area contributed by atoms with Crippen LogP contribution < -0.4 is 0 Å². The lowest BCUT2D eigenvalue weighted by Gasteiger charge is -2.17. The lowest BCUT2D eigenvalue weighted by molar-refractivity contribution is 0.577. The third kappa shape index (κ3) is 1.28. The summed E-state index contributed by atoms with van der Waals surface area (Å²) in [6, 6.07) is 3.35. The van der Waals surface area contributed by atoms with Gasteiger partial charge < -0.3 is 0 Å². The van der Waals surface area contributed by atoms with Crippen molar-refractivity contribution in [1.29, 1.82) is 0 Å². The molecule has 0 nitrogen and oxygen atoms in total. The van der Waals surface area contributed by atoms with Gasteiger partial charge in [-0.1, -0.05) is 15.9 Å². The van der Waals surface area contributed by atoms with Crippen LogP contribution >= 0.6 is 15.9 Å². The van der Waals surface area contributed by atoms with Gasteiger partial charge in [-0.05, 0) is 48.9 Å². The second kappa shape index (κ2) is 3.17. The number of benzene rings is 1. The molecular formula is C10H10BrF. The molecule has 1 aromatic carbocycles. The molecule has 0 aromatic heterocycles. The van der Waals surface area contributed by atoms with Gasteiger partial charge in [0.25, 0.3) is 0 Å². The summed E-state index contributed by atoms with van der Waals surface area (Å²) < 4.78 is 14.3. The standard InChI is InChI=1S/C10H10BrF/c11-9-5-6-10(12)8-4-2-1-3-7(8)9/h5-6H,1-4H2. The van der Waals surface area contributed by atoms with Crippen molar-refractivity contribution in [2.45, 2.75) is 25.7 Å². The molecule has 0 spiro atoms. The first kappa shape index (κ1) is 8.24. The van der Waals surface area contributed by atoms with Gasteiger partial charge in [0, 0.05) is 4.47 Å². The number of hydrogen-bond acceptors (Lipinski definition) is 0. The topological polar surface area (TPSA) is 0 Å². The van der Waals surface area contributed by atoms with Gasteiger partial charge in [-0.15, -0.1) is 0 Å². The molecule has 0 radical (unpaired) electrons. The Morgan fingerprint density at radius 3 is 2.42 bits per heavy atom. The minimum Gasteiger partial charge on any atom is -0.207 e. The van der Waals surface area contributed by atoms with E-state index in [4.69, 9.17) is 0 Å². The molecule has 0 bridgehead atoms. The molecule has 0 saturated carbocycles. The van der Waals surface area contributed by atoms with Crippen LogP contribution in [0.5, 0.6) is 0 Å². The summed E-state index contributed by atoms with van der Waals surface area (Å²) in [5.74, 6) is -0.0344. The Morgan fingerprint density at radius 1 is 1.08 bits per heavy atom. The van der Waals surface area contributed by atoms with Crippen molar-refractivity contribution in [3.05, 3.63) is 33.5 Å². The van der Waals surface area contributed by atoms with E-state index in [9.17, 15) is 4.39 Å². The maximum absolute atomic E-state index is 13.2. The lowest BCUT2D eigenvalue weighted by atomic mass is 9.91. The summed E-state index contributed by atoms with van der Waals surface area (Å²) in [4.78, 5) is 0. The Hall–Kier alpha value is -0.370. The molecule has 1 aliphatic carbocycles. The maximum atomic E-state index is 13.2. The van der Waals surface area contributed by atoms with Crippen LogP contribution in [0.15, 0.2) is 16.6 Å². The van der Waals surface area contributed by atoms with Crippen LogP contribution in [0.3, 0.4) is 0 Å². The monoisotopic (exact) mass is 228 g/mol. The Bertz CT molecular complexity index is 276. The van der Waals surface area contributed by atoms with Crippen molar-refractivity contribution in [2.24, 2.45) is 0 Å². The molecule has 0 saturated heterocycles. The fourth-order valence-corrected chi connectivity index (χ4v) is 2.35. The quantitative estimate of drug-likeness (QED) is 0.639. The van der Waals surface area contributed by atoms with Gasteiger partial charge in [-0.3, -0.25) is 0 Å². The number of hydrogen-bond donors (Lipinski definition) is 0. The van der Waals surface area contributed by atoms with E-state index in [-0.39, 0.29) is 5.82 Å². The zero-order valence-corrected chi connectivity index (χ0v) is 8.33. The van der Waals surface area contributed by atoms with Crippen LogP contribution in [-0.2, 0) is 12.8 Å². The molecule has 0 heterocycles. The van der Waals surface area contributed by atoms with E-state index in [0.717, 1.165) is 29.3 Å². The Morgan fingerprint density at radius 2 is 1.75 bits per heavy atom. The van der Waals surface area contributed by atoms with Crippen LogP contribution in [0.1, 0.15) is 24.0 Å². The molecule has 0 N–H and O–H groups in total. The third-order valence-electron chi connectivity index (χ3n) is 2.42. The first-order chi connectivity index (χ1) is 5.79. The fraction of sp³-hybridized carbons (Fsp3) is 0.400. The molecule has 2 heteroatoms. The van der Waals surface area contributed by atoms with E-state index in [0.29, 0.717) is 0 Å². The molecule has 0 amide bonds. The van der Waals surface area contributed by atoms with E-state index >= 15 is 0 Å². The first-order valence-electron chi connectivity index (χ1n) is 4.25. The van der Waals surface area contributed by atoms with Crippen molar-refractivity contribution < 1.29 is 4.39 Å². The molecule has 12 heavy (non-hydrogen) atoms. The molecule has 0 aliphatic heterocycles. The predicted molar refractivity (Wildman–Crippen MR) is 50.7 cm³/mol. The van der Waals surface area contributed by atoms with E-state index < -0.39 is 0 Å². The Kier molecular flexibility index (Phi) is 2.18. The zero-order valence-electron chi connectivity index (χ0n) is 6.74. The van der Waals surface area contributed by atoms with Gasteiger partial charge in [0.1, 0.15) is 5.82 Å². The van der Waals surface area contributed by atoms with E-state index in [1.165, 1.54) is 12.0 Å². The second-order valence-electron chi connectivity index (χ2n) is 3.19. The van der Waals surface area contributed by atoms with Gasteiger partial charge in [0.2, 0.25) is 0 Å². The molecule has 2 rings (SSSR count). The minimum absolute atomic E-state index is 0.0344. The minimum atomic E-state index is -0.0344. The van der Waals surface area contributed by atoms with Crippen molar-refractivity contribution in [3.63, 3.8) is 0 Å². The molecule has 1 aromatic rings. The summed E-state index contributed by atoms with van der Waals surface area (Å²) in [5, 5.41) is 0. The van der Waals surface area contributed by atoms with Crippen molar-refractivity contribution in [2.75, 3.05) is 0 Å². The average molecular weight is 229 g/mol. The molecule has 0 atom stereocenters. The molecule has 0 unspecified atom stereocenters. The van der Waals surface area contributed by atoms with E-state index in [2.05, 4.69) is 15.9 Å². The fourth-order valence-electron chi connectivity index (χ4n) is 1.78. The van der Waals surface area contributed by atoms with E-state index in [1.54, 1.807) is 12.1 Å². The Balaban J connectivity index is 2.57. The average Bonchev–Trinajstić information content (AvgIpc) is 2.12. The van der Waals surface area contributed by atoms with Crippen LogP contribution in [0.25, 0.3) is 0 Å². The predicted octanol–water partition coefficient (Wildman–Crippen LogP) is 3.47. The number of rotatable bonds is 0. The van der Waals surface area contributed by atoms with Crippen LogP contribution in [0, 0.1) is 5.82 Å². The van der Waals surface area contributed by atoms with Crippen molar-refractivity contribution in [3.8, 4) is 0 Å². The molecule has 0 fully saturated rings. The maximum Gasteiger partial charge on any atom is 0.126 e. The van der Waals surface area contributed by atoms with Crippen LogP contribution in [0.2, 0.25) is 0 Å². The zero-order chi connectivity index (χ0) is 8.55. The molecule has 64 valence electrons. The number of halogens is 2. The summed E-state index contributed by atoms with van der Waals surface area (Å²) in [5.41, 5.74) is 2.11. The largest absolute Gasteiger partial charge is 0.207 e. The molecule has 1 aliphatic rings. The first-order valence-corrected chi connectivity index (χ1v) is 5.04. The van der Waals surface area contributed by atoms with E-state index in [1.807, 2.05) is 0 Å². The van der Waals surface area contributed by atoms with Crippen molar-refractivity contribution >= 4 is 15.9 Å². The highest BCUT2D eigenvalue weighted by Crippen LogP contribution is 2.29. The van der Waals surface area contributed by atoms with Gasteiger partial charge in [-0.25, -0.2) is 4.39 Å². The van der Waals surface area contributed by atoms with Gasteiger partial charge in [0.15, 0.2) is 0 Å². The molecular weight excluding hydrogens is 219 g/mol. The van der Waals surface area contributed by atoms with Crippen LogP contribution in [0.4, 0.5) is 4.39 Å². The van der Waals surface area contributed by atoms with Gasteiger partial charge >= 0.3 is 0 Å². The van der Waals surface area contributed by atoms with Crippen LogP contribution in [-0.4, -0.2) is 0 Å². The summed E-state index contributed by atoms with van der Waals surface area (Å²) in [7, 11) is 0. The van der Waals surface area contributed by atoms with Crippen molar-refractivity contribution in [1.82, 2.24) is 0 Å². The SMILES string of the molecule is Fc1ccc(Br)c2c1CCCC2. The smallest absolute Gasteiger partial charge is 0.126 e. The lowest BCUT2D eigenvalue weighted by Crippen LogP contribution is -2.05.